The molecular formula is C11H13N3O2. The fraction of sp³-hybridized carbons (Fsp3) is 0.273. The molecular weight excluding hydrogens is 206 g/mol. The van der Waals surface area contributed by atoms with E-state index in [-0.39, 0.29) is 11.3 Å². The van der Waals surface area contributed by atoms with Crippen LogP contribution in [0.4, 0.5) is 5.69 Å². The fourth-order valence-electron chi connectivity index (χ4n) is 1.22. The molecule has 0 saturated carbocycles. The van der Waals surface area contributed by atoms with Crippen LogP contribution in [-0.4, -0.2) is 12.0 Å². The first-order chi connectivity index (χ1) is 7.60. The molecule has 0 fully saturated rings. The van der Waals surface area contributed by atoms with Crippen molar-refractivity contribution in [3.05, 3.63) is 23.8 Å². The topological polar surface area (TPSA) is 102 Å². The zero-order chi connectivity index (χ0) is 12.1. The molecule has 1 aromatic carbocycles. The van der Waals surface area contributed by atoms with Crippen molar-refractivity contribution >= 4 is 11.6 Å². The van der Waals surface area contributed by atoms with Crippen molar-refractivity contribution in [2.75, 3.05) is 5.73 Å². The molecule has 1 rings (SSSR count). The molecule has 0 aliphatic rings. The average molecular weight is 219 g/mol. The summed E-state index contributed by atoms with van der Waals surface area (Å²) >= 11 is 0. The molecule has 0 spiro atoms. The van der Waals surface area contributed by atoms with Crippen molar-refractivity contribution in [2.24, 2.45) is 5.73 Å². The Bertz CT molecular complexity index is 437. The van der Waals surface area contributed by atoms with Crippen molar-refractivity contribution in [1.82, 2.24) is 0 Å². The molecule has 1 aromatic rings. The van der Waals surface area contributed by atoms with E-state index >= 15 is 0 Å². The minimum atomic E-state index is -0.636. The minimum Gasteiger partial charge on any atom is -0.473 e. The number of amides is 1. The molecule has 0 aliphatic carbocycles. The van der Waals surface area contributed by atoms with Gasteiger partial charge >= 0.3 is 0 Å². The molecule has 4 N–H and O–H groups in total. The molecule has 1 atom stereocenters. The molecule has 0 aromatic heterocycles. The lowest BCUT2D eigenvalue weighted by Crippen LogP contribution is -2.18. The van der Waals surface area contributed by atoms with Gasteiger partial charge in [-0.05, 0) is 18.6 Å². The first-order valence-corrected chi connectivity index (χ1v) is 4.84. The quantitative estimate of drug-likeness (QED) is 0.738. The number of carbonyl (C=O) groups is 1. The van der Waals surface area contributed by atoms with E-state index in [9.17, 15) is 4.79 Å². The molecule has 16 heavy (non-hydrogen) atoms. The lowest BCUT2D eigenvalue weighted by Gasteiger charge is -2.14. The third kappa shape index (κ3) is 2.42. The average Bonchev–Trinajstić information content (AvgIpc) is 2.27. The highest BCUT2D eigenvalue weighted by Crippen LogP contribution is 2.27. The van der Waals surface area contributed by atoms with Crippen LogP contribution in [0.15, 0.2) is 18.2 Å². The van der Waals surface area contributed by atoms with E-state index in [2.05, 4.69) is 0 Å². The molecule has 0 saturated heterocycles. The lowest BCUT2D eigenvalue weighted by atomic mass is 10.1. The maximum absolute atomic E-state index is 11.1. The molecule has 1 unspecified atom stereocenters. The van der Waals surface area contributed by atoms with Gasteiger partial charge in [0, 0.05) is 0 Å². The van der Waals surface area contributed by atoms with Crippen molar-refractivity contribution in [3.8, 4) is 11.8 Å². The number of carbonyl (C=O) groups excluding carboxylic acids is 1. The molecule has 5 nitrogen and oxygen atoms in total. The summed E-state index contributed by atoms with van der Waals surface area (Å²) in [6.45, 7) is 1.80. The van der Waals surface area contributed by atoms with Crippen LogP contribution in [-0.2, 0) is 0 Å². The van der Waals surface area contributed by atoms with Gasteiger partial charge in [0.25, 0.3) is 5.91 Å². The van der Waals surface area contributed by atoms with Crippen molar-refractivity contribution in [3.63, 3.8) is 0 Å². The number of nitrogens with zero attached hydrogens (tertiary/aromatic N) is 1. The second-order valence-corrected chi connectivity index (χ2v) is 3.23. The van der Waals surface area contributed by atoms with Gasteiger partial charge in [0.2, 0.25) is 0 Å². The van der Waals surface area contributed by atoms with Gasteiger partial charge in [-0.1, -0.05) is 13.0 Å². The summed E-state index contributed by atoms with van der Waals surface area (Å²) in [5.74, 6) is -0.446. The van der Waals surface area contributed by atoms with Crippen LogP contribution < -0.4 is 16.2 Å². The SMILES string of the molecule is CCC(C#N)Oc1c(N)cccc1C(N)=O. The number of ether oxygens (including phenoxy) is 1. The molecule has 0 aliphatic heterocycles. The normalized spacial score (nSPS) is 11.5. The summed E-state index contributed by atoms with van der Waals surface area (Å²) < 4.78 is 5.35. The Morgan fingerprint density at radius 3 is 2.81 bits per heavy atom. The third-order valence-electron chi connectivity index (χ3n) is 2.09. The van der Waals surface area contributed by atoms with Gasteiger partial charge in [0.1, 0.15) is 6.07 Å². The van der Waals surface area contributed by atoms with Gasteiger partial charge in [-0.25, -0.2) is 0 Å². The zero-order valence-electron chi connectivity index (χ0n) is 8.93. The number of hydrogen-bond acceptors (Lipinski definition) is 4. The largest absolute Gasteiger partial charge is 0.473 e. The molecule has 0 radical (unpaired) electrons. The maximum atomic E-state index is 11.1. The second-order valence-electron chi connectivity index (χ2n) is 3.23. The van der Waals surface area contributed by atoms with Gasteiger partial charge in [-0.15, -0.1) is 0 Å². The monoisotopic (exact) mass is 219 g/mol. The summed E-state index contributed by atoms with van der Waals surface area (Å²) in [7, 11) is 0. The number of rotatable bonds is 4. The zero-order valence-corrected chi connectivity index (χ0v) is 8.93. The number of para-hydroxylation sites is 1. The Balaban J connectivity index is 3.11. The van der Waals surface area contributed by atoms with E-state index in [0.717, 1.165) is 0 Å². The Hall–Kier alpha value is -2.22. The Morgan fingerprint density at radius 1 is 1.62 bits per heavy atom. The van der Waals surface area contributed by atoms with Crippen LogP contribution >= 0.6 is 0 Å². The highest BCUT2D eigenvalue weighted by atomic mass is 16.5. The van der Waals surface area contributed by atoms with E-state index < -0.39 is 12.0 Å². The molecule has 0 heterocycles. The van der Waals surface area contributed by atoms with Crippen LogP contribution in [0, 0.1) is 11.3 Å². The van der Waals surface area contributed by atoms with Gasteiger partial charge in [0.05, 0.1) is 11.3 Å². The van der Waals surface area contributed by atoms with Crippen molar-refractivity contribution < 1.29 is 9.53 Å². The van der Waals surface area contributed by atoms with E-state index in [4.69, 9.17) is 21.5 Å². The number of nitrogen functional groups attached to an aromatic ring is 1. The molecule has 84 valence electrons. The summed E-state index contributed by atoms with van der Waals surface area (Å²) in [5, 5.41) is 8.78. The van der Waals surface area contributed by atoms with E-state index in [0.29, 0.717) is 12.1 Å². The van der Waals surface area contributed by atoms with Crippen LogP contribution in [0.3, 0.4) is 0 Å². The smallest absolute Gasteiger partial charge is 0.252 e. The predicted octanol–water partition coefficient (Wildman–Crippen LogP) is 1.05. The first-order valence-electron chi connectivity index (χ1n) is 4.84. The van der Waals surface area contributed by atoms with E-state index in [1.807, 2.05) is 6.07 Å². The van der Waals surface area contributed by atoms with Gasteiger partial charge < -0.3 is 16.2 Å². The standard InChI is InChI=1S/C11H13N3O2/c1-2-7(6-12)16-10-8(11(14)15)4-3-5-9(10)13/h3-5,7H,2,13H2,1H3,(H2,14,15). The van der Waals surface area contributed by atoms with Crippen LogP contribution in [0.25, 0.3) is 0 Å². The Kier molecular flexibility index (Phi) is 3.72. The summed E-state index contributed by atoms with van der Waals surface area (Å²) in [6, 6.07) is 6.67. The van der Waals surface area contributed by atoms with Gasteiger partial charge in [-0.2, -0.15) is 5.26 Å². The van der Waals surface area contributed by atoms with Gasteiger partial charge in [-0.3, -0.25) is 4.79 Å². The highest BCUT2D eigenvalue weighted by Gasteiger charge is 2.16. The van der Waals surface area contributed by atoms with E-state index in [1.54, 1.807) is 19.1 Å². The predicted molar refractivity (Wildman–Crippen MR) is 59.7 cm³/mol. The molecule has 0 bridgehead atoms. The highest BCUT2D eigenvalue weighted by molar-refractivity contribution is 5.97. The summed E-state index contributed by atoms with van der Waals surface area (Å²) in [5.41, 5.74) is 11.3. The fourth-order valence-corrected chi connectivity index (χ4v) is 1.22. The maximum Gasteiger partial charge on any atom is 0.252 e. The number of anilines is 1. The van der Waals surface area contributed by atoms with Gasteiger partial charge in [0.15, 0.2) is 11.9 Å². The first kappa shape index (κ1) is 11.9. The van der Waals surface area contributed by atoms with Crippen molar-refractivity contribution in [2.45, 2.75) is 19.4 Å². The lowest BCUT2D eigenvalue weighted by molar-refractivity contribution is 0.0995. The van der Waals surface area contributed by atoms with E-state index in [1.165, 1.54) is 6.07 Å². The summed E-state index contributed by atoms with van der Waals surface area (Å²) in [4.78, 5) is 11.1. The molecule has 5 heteroatoms. The number of nitrogens with two attached hydrogens (primary N) is 2. The van der Waals surface area contributed by atoms with Crippen LogP contribution in [0.2, 0.25) is 0 Å². The third-order valence-corrected chi connectivity index (χ3v) is 2.09. The molecule has 1 amide bonds. The van der Waals surface area contributed by atoms with Crippen LogP contribution in [0.1, 0.15) is 23.7 Å². The second kappa shape index (κ2) is 5.03. The van der Waals surface area contributed by atoms with Crippen molar-refractivity contribution in [1.29, 1.82) is 5.26 Å². The number of nitriles is 1. The van der Waals surface area contributed by atoms with Crippen LogP contribution in [0.5, 0.6) is 5.75 Å². The minimum absolute atomic E-state index is 0.184. The number of primary amides is 1. The number of benzene rings is 1. The Morgan fingerprint density at radius 2 is 2.31 bits per heavy atom. The number of hydrogen-bond donors (Lipinski definition) is 2. The summed E-state index contributed by atoms with van der Waals surface area (Å²) in [6.07, 6.45) is -0.133. The Labute approximate surface area is 93.6 Å².